The number of nitrogens with zero attached hydrogens (tertiary/aromatic N) is 1. The fraction of sp³-hybridized carbons (Fsp3) is 0.308. The van der Waals surface area contributed by atoms with E-state index in [0.29, 0.717) is 18.5 Å². The zero-order valence-electron chi connectivity index (χ0n) is 10.3. The number of hydrogen-bond donors (Lipinski definition) is 1. The highest BCUT2D eigenvalue weighted by molar-refractivity contribution is 9.13. The van der Waals surface area contributed by atoms with Crippen molar-refractivity contribution >= 4 is 49.6 Å². The molecule has 104 valence electrons. The lowest BCUT2D eigenvalue weighted by atomic mass is 10.0. The zero-order valence-corrected chi connectivity index (χ0v) is 13.5. The summed E-state index contributed by atoms with van der Waals surface area (Å²) in [4.78, 5) is 37.0. The number of nitrogens with one attached hydrogen (secondary N) is 1. The molecule has 0 radical (unpaired) electrons. The van der Waals surface area contributed by atoms with Crippen LogP contribution in [-0.2, 0) is 16.1 Å². The quantitative estimate of drug-likeness (QED) is 0.731. The van der Waals surface area contributed by atoms with Gasteiger partial charge in [0.2, 0.25) is 11.8 Å². The predicted molar refractivity (Wildman–Crippen MR) is 77.9 cm³/mol. The van der Waals surface area contributed by atoms with E-state index in [1.54, 1.807) is 6.07 Å². The molecule has 1 aromatic carbocycles. The highest BCUT2D eigenvalue weighted by Crippen LogP contribution is 2.33. The predicted octanol–water partition coefficient (Wildman–Crippen LogP) is 1.97. The van der Waals surface area contributed by atoms with Gasteiger partial charge in [0.05, 0.1) is 0 Å². The lowest BCUT2D eigenvalue weighted by molar-refractivity contribution is -0.136. The third kappa shape index (κ3) is 2.18. The molecule has 1 atom stereocenters. The van der Waals surface area contributed by atoms with Crippen molar-refractivity contribution in [2.75, 3.05) is 0 Å². The summed E-state index contributed by atoms with van der Waals surface area (Å²) in [7, 11) is 0. The molecule has 1 unspecified atom stereocenters. The molecule has 1 aromatic rings. The van der Waals surface area contributed by atoms with E-state index in [4.69, 9.17) is 0 Å². The van der Waals surface area contributed by atoms with Crippen LogP contribution in [0, 0.1) is 0 Å². The number of halogens is 2. The summed E-state index contributed by atoms with van der Waals surface area (Å²) >= 11 is 6.77. The Morgan fingerprint density at radius 3 is 2.55 bits per heavy atom. The van der Waals surface area contributed by atoms with Crippen molar-refractivity contribution < 1.29 is 14.4 Å². The lowest BCUT2D eigenvalue weighted by Crippen LogP contribution is -2.52. The number of fused-ring (bicyclic) bond motifs is 1. The van der Waals surface area contributed by atoms with Gasteiger partial charge in [0.25, 0.3) is 5.91 Å². The smallest absolute Gasteiger partial charge is 0.255 e. The Hall–Kier alpha value is -1.21. The van der Waals surface area contributed by atoms with Crippen molar-refractivity contribution in [1.29, 1.82) is 0 Å². The highest BCUT2D eigenvalue weighted by Gasteiger charge is 2.39. The van der Waals surface area contributed by atoms with E-state index in [9.17, 15) is 14.4 Å². The van der Waals surface area contributed by atoms with E-state index in [-0.39, 0.29) is 24.1 Å². The third-order valence-corrected chi connectivity index (χ3v) is 5.41. The Kier molecular flexibility index (Phi) is 3.41. The molecule has 1 N–H and O–H groups in total. The molecular formula is C13H10Br2N2O3. The van der Waals surface area contributed by atoms with Gasteiger partial charge in [0.1, 0.15) is 6.04 Å². The van der Waals surface area contributed by atoms with Crippen LogP contribution in [0.5, 0.6) is 0 Å². The molecular weight excluding hydrogens is 392 g/mol. The van der Waals surface area contributed by atoms with Crippen molar-refractivity contribution in [3.63, 3.8) is 0 Å². The molecule has 0 spiro atoms. The number of carbonyl (C=O) groups excluding carboxylic acids is 3. The van der Waals surface area contributed by atoms with Crippen LogP contribution >= 0.6 is 31.9 Å². The van der Waals surface area contributed by atoms with Gasteiger partial charge in [0.15, 0.2) is 0 Å². The molecule has 2 aliphatic rings. The molecule has 1 fully saturated rings. The number of piperidine rings is 1. The lowest BCUT2D eigenvalue weighted by Gasteiger charge is -2.29. The monoisotopic (exact) mass is 400 g/mol. The van der Waals surface area contributed by atoms with Crippen molar-refractivity contribution in [3.05, 3.63) is 32.2 Å². The number of imide groups is 1. The van der Waals surface area contributed by atoms with Gasteiger partial charge >= 0.3 is 0 Å². The molecule has 2 aliphatic heterocycles. The Bertz CT molecular complexity index is 645. The summed E-state index contributed by atoms with van der Waals surface area (Å²) in [6.45, 7) is 0.395. The van der Waals surface area contributed by atoms with Crippen LogP contribution in [0.4, 0.5) is 0 Å². The second kappa shape index (κ2) is 4.96. The molecule has 0 bridgehead atoms. The van der Waals surface area contributed by atoms with Crippen molar-refractivity contribution in [1.82, 2.24) is 10.2 Å². The van der Waals surface area contributed by atoms with Gasteiger partial charge < -0.3 is 4.90 Å². The fourth-order valence-electron chi connectivity index (χ4n) is 2.56. The van der Waals surface area contributed by atoms with E-state index in [1.807, 2.05) is 6.07 Å². The van der Waals surface area contributed by atoms with E-state index in [0.717, 1.165) is 14.5 Å². The summed E-state index contributed by atoms with van der Waals surface area (Å²) in [6, 6.07) is 3.07. The molecule has 1 saturated heterocycles. The summed E-state index contributed by atoms with van der Waals surface area (Å²) in [5.74, 6) is -0.830. The first kappa shape index (κ1) is 13.8. The normalized spacial score (nSPS) is 22.0. The van der Waals surface area contributed by atoms with E-state index >= 15 is 0 Å². The van der Waals surface area contributed by atoms with E-state index < -0.39 is 6.04 Å². The number of rotatable bonds is 1. The SMILES string of the molecule is O=C1CCC(N2Cc3cc(Br)c(Br)cc3C2=O)C(=O)N1. The van der Waals surface area contributed by atoms with Gasteiger partial charge in [-0.25, -0.2) is 0 Å². The van der Waals surface area contributed by atoms with Crippen LogP contribution in [-0.4, -0.2) is 28.7 Å². The van der Waals surface area contributed by atoms with Crippen LogP contribution in [0.15, 0.2) is 21.1 Å². The Morgan fingerprint density at radius 2 is 1.85 bits per heavy atom. The third-order valence-electron chi connectivity index (χ3n) is 3.56. The molecule has 5 nitrogen and oxygen atoms in total. The highest BCUT2D eigenvalue weighted by atomic mass is 79.9. The average Bonchev–Trinajstić information content (AvgIpc) is 2.68. The number of amides is 3. The maximum atomic E-state index is 12.4. The van der Waals surface area contributed by atoms with Crippen LogP contribution < -0.4 is 5.32 Å². The molecule has 7 heteroatoms. The van der Waals surface area contributed by atoms with E-state index in [2.05, 4.69) is 37.2 Å². The second-order valence-electron chi connectivity index (χ2n) is 4.82. The van der Waals surface area contributed by atoms with Gasteiger partial charge in [-0.15, -0.1) is 0 Å². The van der Waals surface area contributed by atoms with E-state index in [1.165, 1.54) is 4.90 Å². The number of carbonyl (C=O) groups is 3. The molecule has 0 aliphatic carbocycles. The first-order chi connectivity index (χ1) is 9.47. The maximum Gasteiger partial charge on any atom is 0.255 e. The van der Waals surface area contributed by atoms with Crippen LogP contribution in [0.25, 0.3) is 0 Å². The number of hydrogen-bond acceptors (Lipinski definition) is 3. The molecule has 0 aromatic heterocycles. The Balaban J connectivity index is 1.90. The molecule has 3 rings (SSSR count). The van der Waals surface area contributed by atoms with Crippen LogP contribution in [0.3, 0.4) is 0 Å². The van der Waals surface area contributed by atoms with Crippen molar-refractivity contribution in [2.45, 2.75) is 25.4 Å². The summed E-state index contributed by atoms with van der Waals surface area (Å²) < 4.78 is 1.67. The summed E-state index contributed by atoms with van der Waals surface area (Å²) in [5.41, 5.74) is 1.49. The summed E-state index contributed by atoms with van der Waals surface area (Å²) in [5, 5.41) is 2.29. The van der Waals surface area contributed by atoms with Gasteiger partial charge in [-0.05, 0) is 56.0 Å². The largest absolute Gasteiger partial charge is 0.322 e. The van der Waals surface area contributed by atoms with Crippen LogP contribution in [0.2, 0.25) is 0 Å². The Morgan fingerprint density at radius 1 is 1.15 bits per heavy atom. The van der Waals surface area contributed by atoms with Gasteiger partial charge in [-0.3, -0.25) is 19.7 Å². The molecule has 3 amide bonds. The topological polar surface area (TPSA) is 66.5 Å². The first-order valence-corrected chi connectivity index (χ1v) is 7.68. The molecule has 0 saturated carbocycles. The first-order valence-electron chi connectivity index (χ1n) is 6.10. The van der Waals surface area contributed by atoms with Crippen LogP contribution in [0.1, 0.15) is 28.8 Å². The minimum Gasteiger partial charge on any atom is -0.322 e. The van der Waals surface area contributed by atoms with Crippen molar-refractivity contribution in [2.24, 2.45) is 0 Å². The van der Waals surface area contributed by atoms with Gasteiger partial charge in [-0.2, -0.15) is 0 Å². The fourth-order valence-corrected chi connectivity index (χ4v) is 3.29. The Labute approximate surface area is 132 Å². The minimum atomic E-state index is -0.565. The minimum absolute atomic E-state index is 0.164. The zero-order chi connectivity index (χ0) is 14.4. The summed E-state index contributed by atoms with van der Waals surface area (Å²) in [6.07, 6.45) is 0.649. The van der Waals surface area contributed by atoms with Gasteiger partial charge in [-0.1, -0.05) is 0 Å². The second-order valence-corrected chi connectivity index (χ2v) is 6.53. The molecule has 2 heterocycles. The van der Waals surface area contributed by atoms with Crippen molar-refractivity contribution in [3.8, 4) is 0 Å². The number of benzene rings is 1. The maximum absolute atomic E-state index is 12.4. The standard InChI is InChI=1S/C13H10Br2N2O3/c14-8-3-6-5-17(13(20)7(6)4-9(8)15)10-1-2-11(18)16-12(10)19/h3-4,10H,1-2,5H2,(H,16,18,19). The van der Waals surface area contributed by atoms with Gasteiger partial charge in [0, 0.05) is 27.5 Å². The molecule has 20 heavy (non-hydrogen) atoms. The average molecular weight is 402 g/mol.